The van der Waals surface area contributed by atoms with Gasteiger partial charge in [0.15, 0.2) is 0 Å². The standard InChI is InChI=1S/C11H22N2OS/c1-11(2,15-3)8-13-10(14)9-5-4-6-12-7-9/h9,12H,4-8H2,1-3H3,(H,13,14)/t9-/m1/s1. The Morgan fingerprint density at radius 2 is 2.33 bits per heavy atom. The molecule has 1 saturated heterocycles. The summed E-state index contributed by atoms with van der Waals surface area (Å²) in [4.78, 5) is 11.8. The first kappa shape index (κ1) is 12.8. The van der Waals surface area contributed by atoms with Crippen molar-refractivity contribution in [3.05, 3.63) is 0 Å². The minimum Gasteiger partial charge on any atom is -0.354 e. The second-order valence-electron chi connectivity index (χ2n) is 4.72. The fourth-order valence-electron chi connectivity index (χ4n) is 1.59. The van der Waals surface area contributed by atoms with E-state index in [1.165, 1.54) is 0 Å². The van der Waals surface area contributed by atoms with Gasteiger partial charge in [-0.05, 0) is 39.5 Å². The van der Waals surface area contributed by atoms with Crippen molar-refractivity contribution < 1.29 is 4.79 Å². The monoisotopic (exact) mass is 230 g/mol. The molecule has 1 rings (SSSR count). The SMILES string of the molecule is CSC(C)(C)CNC(=O)[C@@H]1CCCNC1. The number of carbonyl (C=O) groups is 1. The maximum Gasteiger partial charge on any atom is 0.224 e. The molecule has 88 valence electrons. The first-order valence-electron chi connectivity index (χ1n) is 5.59. The number of thioether (sulfide) groups is 1. The highest BCUT2D eigenvalue weighted by molar-refractivity contribution is 7.99. The van der Waals surface area contributed by atoms with Gasteiger partial charge in [0.2, 0.25) is 5.91 Å². The Morgan fingerprint density at radius 3 is 2.87 bits per heavy atom. The summed E-state index contributed by atoms with van der Waals surface area (Å²) in [7, 11) is 0. The maximum atomic E-state index is 11.8. The van der Waals surface area contributed by atoms with Crippen molar-refractivity contribution >= 4 is 17.7 Å². The van der Waals surface area contributed by atoms with E-state index >= 15 is 0 Å². The second-order valence-corrected chi connectivity index (χ2v) is 6.24. The van der Waals surface area contributed by atoms with Gasteiger partial charge in [0.05, 0.1) is 5.92 Å². The third kappa shape index (κ3) is 4.43. The van der Waals surface area contributed by atoms with Gasteiger partial charge in [-0.25, -0.2) is 0 Å². The summed E-state index contributed by atoms with van der Waals surface area (Å²) >= 11 is 1.79. The molecule has 1 atom stereocenters. The van der Waals surface area contributed by atoms with E-state index < -0.39 is 0 Å². The lowest BCUT2D eigenvalue weighted by Gasteiger charge is -2.26. The van der Waals surface area contributed by atoms with Gasteiger partial charge in [-0.2, -0.15) is 11.8 Å². The van der Waals surface area contributed by atoms with Crippen molar-refractivity contribution in [2.45, 2.75) is 31.4 Å². The van der Waals surface area contributed by atoms with Crippen LogP contribution in [0, 0.1) is 5.92 Å². The zero-order chi connectivity index (χ0) is 11.3. The summed E-state index contributed by atoms with van der Waals surface area (Å²) in [6.07, 6.45) is 4.22. The first-order valence-corrected chi connectivity index (χ1v) is 6.81. The van der Waals surface area contributed by atoms with Crippen LogP contribution in [-0.4, -0.2) is 36.5 Å². The highest BCUT2D eigenvalue weighted by Crippen LogP contribution is 2.20. The van der Waals surface area contributed by atoms with Crippen molar-refractivity contribution in [1.29, 1.82) is 0 Å². The predicted octanol–water partition coefficient (Wildman–Crippen LogP) is 1.24. The Kier molecular flexibility index (Phi) is 4.93. The fourth-order valence-corrected chi connectivity index (χ4v) is 1.81. The number of carbonyl (C=O) groups excluding carboxylic acids is 1. The third-order valence-electron chi connectivity index (χ3n) is 2.91. The summed E-state index contributed by atoms with van der Waals surface area (Å²) in [6, 6.07) is 0. The van der Waals surface area contributed by atoms with Gasteiger partial charge in [-0.1, -0.05) is 0 Å². The van der Waals surface area contributed by atoms with E-state index in [9.17, 15) is 4.79 Å². The third-order valence-corrected chi connectivity index (χ3v) is 4.16. The van der Waals surface area contributed by atoms with E-state index in [2.05, 4.69) is 30.7 Å². The Balaban J connectivity index is 2.28. The van der Waals surface area contributed by atoms with Crippen molar-refractivity contribution in [2.75, 3.05) is 25.9 Å². The topological polar surface area (TPSA) is 41.1 Å². The predicted molar refractivity (Wildman–Crippen MR) is 66.2 cm³/mol. The number of hydrogen-bond donors (Lipinski definition) is 2. The smallest absolute Gasteiger partial charge is 0.224 e. The molecule has 0 aromatic heterocycles. The molecule has 2 N–H and O–H groups in total. The minimum atomic E-state index is 0.137. The van der Waals surface area contributed by atoms with Crippen LogP contribution in [0.4, 0.5) is 0 Å². The molecule has 0 aliphatic carbocycles. The van der Waals surface area contributed by atoms with Gasteiger partial charge in [-0.3, -0.25) is 4.79 Å². The molecule has 15 heavy (non-hydrogen) atoms. The maximum absolute atomic E-state index is 11.8. The van der Waals surface area contributed by atoms with Crippen LogP contribution in [0.25, 0.3) is 0 Å². The summed E-state index contributed by atoms with van der Waals surface area (Å²) in [5, 5.41) is 6.30. The average molecular weight is 230 g/mol. The van der Waals surface area contributed by atoms with Gasteiger partial charge in [0.1, 0.15) is 0 Å². The second kappa shape index (κ2) is 5.75. The molecule has 0 aromatic rings. The zero-order valence-electron chi connectivity index (χ0n) is 9.93. The van der Waals surface area contributed by atoms with E-state index in [4.69, 9.17) is 0 Å². The zero-order valence-corrected chi connectivity index (χ0v) is 10.7. The molecular weight excluding hydrogens is 208 g/mol. The van der Waals surface area contributed by atoms with Crippen molar-refractivity contribution in [1.82, 2.24) is 10.6 Å². The highest BCUT2D eigenvalue weighted by Gasteiger charge is 2.23. The highest BCUT2D eigenvalue weighted by atomic mass is 32.2. The van der Waals surface area contributed by atoms with Gasteiger partial charge < -0.3 is 10.6 Å². The number of amides is 1. The fraction of sp³-hybridized carbons (Fsp3) is 0.909. The molecule has 1 fully saturated rings. The number of nitrogens with one attached hydrogen (secondary N) is 2. The Morgan fingerprint density at radius 1 is 1.60 bits per heavy atom. The van der Waals surface area contributed by atoms with Crippen molar-refractivity contribution in [2.24, 2.45) is 5.92 Å². The van der Waals surface area contributed by atoms with E-state index in [1.807, 2.05) is 0 Å². The van der Waals surface area contributed by atoms with Gasteiger partial charge in [0.25, 0.3) is 0 Å². The number of hydrogen-bond acceptors (Lipinski definition) is 3. The molecule has 0 bridgehead atoms. The average Bonchev–Trinajstić information content (AvgIpc) is 2.27. The molecule has 1 amide bonds. The lowest BCUT2D eigenvalue weighted by molar-refractivity contribution is -0.125. The van der Waals surface area contributed by atoms with Crippen LogP contribution < -0.4 is 10.6 Å². The molecule has 3 nitrogen and oxygen atoms in total. The Labute approximate surface area is 96.8 Å². The molecule has 0 unspecified atom stereocenters. The molecule has 1 heterocycles. The quantitative estimate of drug-likeness (QED) is 0.763. The van der Waals surface area contributed by atoms with Crippen LogP contribution in [0.5, 0.6) is 0 Å². The van der Waals surface area contributed by atoms with E-state index in [0.29, 0.717) is 0 Å². The summed E-state index contributed by atoms with van der Waals surface area (Å²) in [6.45, 7) is 6.95. The van der Waals surface area contributed by atoms with Gasteiger partial charge in [0, 0.05) is 17.8 Å². The van der Waals surface area contributed by atoms with Crippen LogP contribution >= 0.6 is 11.8 Å². The normalized spacial score (nSPS) is 22.5. The lowest BCUT2D eigenvalue weighted by Crippen LogP contribution is -2.44. The van der Waals surface area contributed by atoms with Crippen LogP contribution in [-0.2, 0) is 4.79 Å². The van der Waals surface area contributed by atoms with Gasteiger partial charge >= 0.3 is 0 Å². The molecule has 0 saturated carbocycles. The number of piperidine rings is 1. The molecule has 0 spiro atoms. The van der Waals surface area contributed by atoms with E-state index in [-0.39, 0.29) is 16.6 Å². The van der Waals surface area contributed by atoms with Crippen molar-refractivity contribution in [3.8, 4) is 0 Å². The Bertz CT molecular complexity index is 213. The first-order chi connectivity index (χ1) is 7.05. The molecule has 0 radical (unpaired) electrons. The number of rotatable bonds is 4. The van der Waals surface area contributed by atoms with E-state index in [1.54, 1.807) is 11.8 Å². The van der Waals surface area contributed by atoms with E-state index in [0.717, 1.165) is 32.5 Å². The Hall–Kier alpha value is -0.220. The molecule has 4 heteroatoms. The summed E-state index contributed by atoms with van der Waals surface area (Å²) < 4.78 is 0.137. The molecular formula is C11H22N2OS. The van der Waals surface area contributed by atoms with Gasteiger partial charge in [-0.15, -0.1) is 0 Å². The van der Waals surface area contributed by atoms with Crippen LogP contribution in [0.15, 0.2) is 0 Å². The largest absolute Gasteiger partial charge is 0.354 e. The van der Waals surface area contributed by atoms with Crippen molar-refractivity contribution in [3.63, 3.8) is 0 Å². The van der Waals surface area contributed by atoms with Crippen LogP contribution in [0.2, 0.25) is 0 Å². The summed E-state index contributed by atoms with van der Waals surface area (Å²) in [5.74, 6) is 0.390. The molecule has 1 aliphatic heterocycles. The molecule has 0 aromatic carbocycles. The molecule has 1 aliphatic rings. The minimum absolute atomic E-state index is 0.137. The van der Waals surface area contributed by atoms with Crippen LogP contribution in [0.3, 0.4) is 0 Å². The summed E-state index contributed by atoms with van der Waals surface area (Å²) in [5.41, 5.74) is 0. The van der Waals surface area contributed by atoms with Crippen LogP contribution in [0.1, 0.15) is 26.7 Å². The lowest BCUT2D eigenvalue weighted by atomic mass is 9.98.